The first kappa shape index (κ1) is 20.8. The van der Waals surface area contributed by atoms with Gasteiger partial charge in [-0.15, -0.1) is 22.2 Å². The Kier molecular flexibility index (Phi) is 6.04. The van der Waals surface area contributed by atoms with Gasteiger partial charge in [-0.1, -0.05) is 80.8 Å². The summed E-state index contributed by atoms with van der Waals surface area (Å²) in [4.78, 5) is 0. The van der Waals surface area contributed by atoms with E-state index in [9.17, 15) is 0 Å². The Morgan fingerprint density at radius 3 is 0.857 bits per heavy atom. The molecule has 0 N–H and O–H groups in total. The first-order valence-corrected chi connectivity index (χ1v) is 17.0. The molecule has 0 aliphatic rings. The highest BCUT2D eigenvalue weighted by Crippen LogP contribution is 2.50. The summed E-state index contributed by atoms with van der Waals surface area (Å²) in [6.45, 7) is 28.1. The molecule has 0 rings (SSSR count). The van der Waals surface area contributed by atoms with Gasteiger partial charge in [0.25, 0.3) is 0 Å². The lowest BCUT2D eigenvalue weighted by Gasteiger charge is -2.44. The third-order valence-electron chi connectivity index (χ3n) is 3.50. The quantitative estimate of drug-likeness (QED) is 0.383. The van der Waals surface area contributed by atoms with E-state index in [-0.39, 0.29) is 10.1 Å². The van der Waals surface area contributed by atoms with Crippen molar-refractivity contribution in [2.45, 2.75) is 90.9 Å². The molecule has 0 atom stereocenters. The van der Waals surface area contributed by atoms with Gasteiger partial charge >= 0.3 is 0 Å². The molecule has 0 aromatic rings. The molecule has 0 aromatic carbocycles. The summed E-state index contributed by atoms with van der Waals surface area (Å²) < 4.78 is 0. The minimum Gasteiger partial charge on any atom is -0.138 e. The van der Waals surface area contributed by atoms with Crippen molar-refractivity contribution in [1.29, 1.82) is 0 Å². The molecule has 0 saturated heterocycles. The van der Waals surface area contributed by atoms with Gasteiger partial charge in [0.2, 0.25) is 8.07 Å². The minimum absolute atomic E-state index is 0.171. The van der Waals surface area contributed by atoms with E-state index in [4.69, 9.17) is 0 Å². The van der Waals surface area contributed by atoms with Crippen molar-refractivity contribution in [2.75, 3.05) is 0 Å². The standard InChI is InChI=1S/C18H36Si3/c1-17(2,3)21(18(4,5)6,15-13-19(7,8)9)16-14-20(10,11)12/h1-12H3. The van der Waals surface area contributed by atoms with Crippen LogP contribution in [0.15, 0.2) is 0 Å². The van der Waals surface area contributed by atoms with E-state index in [0.717, 1.165) is 0 Å². The lowest BCUT2D eigenvalue weighted by atomic mass is 10.2. The Labute approximate surface area is 137 Å². The molecule has 0 radical (unpaired) electrons. The van der Waals surface area contributed by atoms with Gasteiger partial charge in [0, 0.05) is 0 Å². The fraction of sp³-hybridized carbons (Fsp3) is 0.778. The first-order valence-electron chi connectivity index (χ1n) is 8.00. The predicted molar refractivity (Wildman–Crippen MR) is 107 cm³/mol. The van der Waals surface area contributed by atoms with Crippen LogP contribution in [0, 0.1) is 22.2 Å². The van der Waals surface area contributed by atoms with Crippen molar-refractivity contribution >= 4 is 24.2 Å². The third kappa shape index (κ3) is 6.19. The molecule has 0 unspecified atom stereocenters. The maximum atomic E-state index is 3.82. The Hall–Kier alpha value is -0.229. The van der Waals surface area contributed by atoms with Gasteiger partial charge in [-0.2, -0.15) is 0 Å². The van der Waals surface area contributed by atoms with Crippen molar-refractivity contribution < 1.29 is 0 Å². The zero-order valence-electron chi connectivity index (χ0n) is 16.5. The van der Waals surface area contributed by atoms with Gasteiger partial charge in [-0.3, -0.25) is 0 Å². The lowest BCUT2D eigenvalue weighted by molar-refractivity contribution is 0.640. The van der Waals surface area contributed by atoms with Gasteiger partial charge in [-0.05, 0) is 10.1 Å². The van der Waals surface area contributed by atoms with Crippen molar-refractivity contribution in [2.24, 2.45) is 0 Å². The van der Waals surface area contributed by atoms with Crippen LogP contribution in [0.2, 0.25) is 49.4 Å². The summed E-state index contributed by atoms with van der Waals surface area (Å²) in [5.74, 6) is 0. The van der Waals surface area contributed by atoms with E-state index in [1.165, 1.54) is 0 Å². The molecule has 3 heteroatoms. The van der Waals surface area contributed by atoms with Gasteiger partial charge < -0.3 is 0 Å². The van der Waals surface area contributed by atoms with Crippen LogP contribution >= 0.6 is 0 Å². The first-order chi connectivity index (χ1) is 8.91. The zero-order chi connectivity index (χ0) is 17.3. The molecule has 0 saturated carbocycles. The van der Waals surface area contributed by atoms with Crippen LogP contribution in [0.1, 0.15) is 41.5 Å². The summed E-state index contributed by atoms with van der Waals surface area (Å²) in [7, 11) is -4.84. The fourth-order valence-electron chi connectivity index (χ4n) is 2.47. The molecule has 0 heterocycles. The summed E-state index contributed by atoms with van der Waals surface area (Å²) in [5.41, 5.74) is 15.0. The van der Waals surface area contributed by atoms with E-state index in [0.29, 0.717) is 0 Å². The molecule has 120 valence electrons. The van der Waals surface area contributed by atoms with Gasteiger partial charge in [0.05, 0.1) is 0 Å². The van der Waals surface area contributed by atoms with E-state index in [1.54, 1.807) is 0 Å². The lowest BCUT2D eigenvalue weighted by Crippen LogP contribution is -2.51. The van der Waals surface area contributed by atoms with E-state index in [2.05, 4.69) is 103 Å². The van der Waals surface area contributed by atoms with Crippen LogP contribution in [0.25, 0.3) is 0 Å². The molecular formula is C18H36Si3. The second kappa shape index (κ2) is 6.11. The Balaban J connectivity index is 6.41. The van der Waals surface area contributed by atoms with Crippen LogP contribution < -0.4 is 0 Å². The Bertz CT molecular complexity index is 432. The smallest absolute Gasteiger partial charge is 0.138 e. The fourth-order valence-corrected chi connectivity index (χ4v) is 10.8. The largest absolute Gasteiger partial charge is 0.225 e. The summed E-state index contributed by atoms with van der Waals surface area (Å²) >= 11 is 0. The highest BCUT2D eigenvalue weighted by atomic mass is 28.3. The van der Waals surface area contributed by atoms with Crippen molar-refractivity contribution in [3.8, 4) is 22.2 Å². The highest BCUT2D eigenvalue weighted by molar-refractivity contribution is 7.01. The van der Waals surface area contributed by atoms with Crippen molar-refractivity contribution in [3.63, 3.8) is 0 Å². The summed E-state index contributed by atoms with van der Waals surface area (Å²) in [5, 5.41) is 0.342. The SMILES string of the molecule is CC(C)(C)[Si](C#C[Si](C)(C)C)(C#C[Si](C)(C)C)C(C)(C)C. The van der Waals surface area contributed by atoms with Crippen LogP contribution in [-0.2, 0) is 0 Å². The molecule has 0 aliphatic heterocycles. The molecule has 0 aliphatic carbocycles. The average Bonchev–Trinajstić information content (AvgIpc) is 2.09. The van der Waals surface area contributed by atoms with E-state index >= 15 is 0 Å². The molecule has 0 aromatic heterocycles. The van der Waals surface area contributed by atoms with Crippen LogP contribution in [0.3, 0.4) is 0 Å². The second-order valence-electron chi connectivity index (χ2n) is 10.2. The van der Waals surface area contributed by atoms with Gasteiger partial charge in [0.15, 0.2) is 0 Å². The Morgan fingerprint density at radius 2 is 0.714 bits per heavy atom. The maximum absolute atomic E-state index is 3.82. The van der Waals surface area contributed by atoms with Crippen molar-refractivity contribution in [1.82, 2.24) is 0 Å². The Morgan fingerprint density at radius 1 is 0.476 bits per heavy atom. The predicted octanol–water partition coefficient (Wildman–Crippen LogP) is 5.88. The van der Waals surface area contributed by atoms with E-state index < -0.39 is 24.2 Å². The third-order valence-corrected chi connectivity index (χ3v) is 11.2. The monoisotopic (exact) mass is 336 g/mol. The number of hydrogen-bond acceptors (Lipinski definition) is 0. The van der Waals surface area contributed by atoms with Gasteiger partial charge in [-0.25, -0.2) is 0 Å². The maximum Gasteiger partial charge on any atom is 0.225 e. The molecule has 0 amide bonds. The van der Waals surface area contributed by atoms with E-state index in [1.807, 2.05) is 0 Å². The van der Waals surface area contributed by atoms with Crippen molar-refractivity contribution in [3.05, 3.63) is 0 Å². The second-order valence-corrected chi connectivity index (χ2v) is 24.8. The van der Waals surface area contributed by atoms with Crippen LogP contribution in [0.4, 0.5) is 0 Å². The summed E-state index contributed by atoms with van der Waals surface area (Å²) in [6.07, 6.45) is 0. The average molecular weight is 337 g/mol. The molecular weight excluding hydrogens is 300 g/mol. The zero-order valence-corrected chi connectivity index (χ0v) is 19.5. The molecule has 0 nitrogen and oxygen atoms in total. The number of rotatable bonds is 0. The minimum atomic E-state index is -2.07. The van der Waals surface area contributed by atoms with Crippen LogP contribution in [0.5, 0.6) is 0 Å². The molecule has 21 heavy (non-hydrogen) atoms. The molecule has 0 bridgehead atoms. The topological polar surface area (TPSA) is 0 Å². The number of hydrogen-bond donors (Lipinski definition) is 0. The normalized spacial score (nSPS) is 13.9. The highest BCUT2D eigenvalue weighted by Gasteiger charge is 2.52. The summed E-state index contributed by atoms with van der Waals surface area (Å²) in [6, 6.07) is 0. The molecule has 0 fully saturated rings. The van der Waals surface area contributed by atoms with Gasteiger partial charge in [0.1, 0.15) is 16.1 Å². The van der Waals surface area contributed by atoms with Crippen LogP contribution in [-0.4, -0.2) is 24.2 Å². The molecule has 0 spiro atoms.